The summed E-state index contributed by atoms with van der Waals surface area (Å²) in [6.07, 6.45) is -4.96. The lowest BCUT2D eigenvalue weighted by molar-refractivity contribution is -0.142. The van der Waals surface area contributed by atoms with Gasteiger partial charge in [-0.05, 0) is 105 Å². The molecule has 5 rings (SSSR count). The van der Waals surface area contributed by atoms with Gasteiger partial charge in [0.25, 0.3) is 0 Å². The highest BCUT2D eigenvalue weighted by Crippen LogP contribution is 2.49. The number of aliphatic carboxylic acids is 1. The number of alkyl halides is 6. The molecule has 2 aromatic rings. The van der Waals surface area contributed by atoms with Crippen LogP contribution in [-0.2, 0) is 23.6 Å². The smallest absolute Gasteiger partial charge is 0.416 e. The van der Waals surface area contributed by atoms with Crippen LogP contribution in [0.5, 0.6) is 5.75 Å². The third-order valence-corrected chi connectivity index (χ3v) is 8.96. The SMILES string of the molecule is C[C@H](C(=O)O)[C@H](c1ccc2c(c1)OC1(CCCN([C@H](C)c3cc(C(F)(F)F)ccc3C(F)(F)F)C1)CC2)C1CC1. The van der Waals surface area contributed by atoms with E-state index in [-0.39, 0.29) is 12.5 Å². The number of fused-ring (bicyclic) bond motifs is 1. The Morgan fingerprint density at radius 2 is 1.75 bits per heavy atom. The minimum atomic E-state index is -4.79. The average molecular weight is 570 g/mol. The van der Waals surface area contributed by atoms with Gasteiger partial charge in [0.2, 0.25) is 0 Å². The summed E-state index contributed by atoms with van der Waals surface area (Å²) in [5.41, 5.74) is -1.35. The Hall–Kier alpha value is -2.75. The summed E-state index contributed by atoms with van der Waals surface area (Å²) in [6.45, 7) is 3.96. The van der Waals surface area contributed by atoms with E-state index >= 15 is 0 Å². The van der Waals surface area contributed by atoms with E-state index in [1.54, 1.807) is 11.8 Å². The highest BCUT2D eigenvalue weighted by molar-refractivity contribution is 5.71. The van der Waals surface area contributed by atoms with E-state index in [0.717, 1.165) is 24.0 Å². The number of carboxylic acids is 1. The number of carboxylic acid groups (broad SMARTS) is 1. The Labute approximate surface area is 229 Å². The second-order valence-corrected chi connectivity index (χ2v) is 11.7. The largest absolute Gasteiger partial charge is 0.486 e. The molecule has 1 aliphatic carbocycles. The molecule has 0 bridgehead atoms. The Morgan fingerprint density at radius 3 is 2.38 bits per heavy atom. The van der Waals surface area contributed by atoms with E-state index in [1.807, 2.05) is 18.2 Å². The molecule has 2 aliphatic heterocycles. The van der Waals surface area contributed by atoms with Crippen LogP contribution in [0.25, 0.3) is 0 Å². The molecule has 4 atom stereocenters. The normalized spacial score (nSPS) is 24.2. The minimum absolute atomic E-state index is 0.131. The van der Waals surface area contributed by atoms with Crippen LogP contribution in [0.2, 0.25) is 0 Å². The summed E-state index contributed by atoms with van der Waals surface area (Å²) >= 11 is 0. The summed E-state index contributed by atoms with van der Waals surface area (Å²) in [5.74, 6) is -0.561. The van der Waals surface area contributed by atoms with Crippen molar-refractivity contribution >= 4 is 5.97 Å². The number of piperidine rings is 1. The van der Waals surface area contributed by atoms with Gasteiger partial charge in [-0.2, -0.15) is 26.3 Å². The lowest BCUT2D eigenvalue weighted by Gasteiger charge is -2.47. The number of carbonyl (C=O) groups is 1. The van der Waals surface area contributed by atoms with Crippen LogP contribution in [0.4, 0.5) is 26.3 Å². The zero-order valence-corrected chi connectivity index (χ0v) is 22.4. The van der Waals surface area contributed by atoms with Crippen molar-refractivity contribution in [3.05, 3.63) is 64.2 Å². The molecule has 3 aliphatic rings. The quantitative estimate of drug-likeness (QED) is 0.360. The molecular formula is C30H33F6NO3. The predicted octanol–water partition coefficient (Wildman–Crippen LogP) is 7.86. The van der Waals surface area contributed by atoms with Crippen LogP contribution in [0.15, 0.2) is 36.4 Å². The fourth-order valence-electron chi connectivity index (χ4n) is 6.59. The number of aryl methyl sites for hydroxylation is 1. The molecule has 0 amide bonds. The number of rotatable bonds is 6. The second-order valence-electron chi connectivity index (χ2n) is 11.7. The predicted molar refractivity (Wildman–Crippen MR) is 136 cm³/mol. The van der Waals surface area contributed by atoms with Crippen molar-refractivity contribution in [1.82, 2.24) is 4.90 Å². The van der Waals surface area contributed by atoms with Gasteiger partial charge in [0.1, 0.15) is 11.4 Å². The van der Waals surface area contributed by atoms with Gasteiger partial charge in [0.15, 0.2) is 0 Å². The molecule has 218 valence electrons. The first-order valence-corrected chi connectivity index (χ1v) is 13.8. The third kappa shape index (κ3) is 5.69. The summed E-state index contributed by atoms with van der Waals surface area (Å²) in [5, 5.41) is 9.66. The van der Waals surface area contributed by atoms with Crippen molar-refractivity contribution in [1.29, 1.82) is 0 Å². The van der Waals surface area contributed by atoms with E-state index in [9.17, 15) is 36.2 Å². The standard InChI is InChI=1S/C30H33F6NO3/c1-17(27(38)39)26(20-5-6-20)21-7-4-19-10-12-28(40-25(19)14-21)11-3-13-37(16-28)18(2)23-15-22(29(31,32)33)8-9-24(23)30(34,35)36/h4,7-9,14-15,17-18,20,26H,3,5-6,10-13,16H2,1-2H3,(H,38,39)/t17-,18+,26-,28?/m0/s1. The second kappa shape index (κ2) is 10.3. The average Bonchev–Trinajstić information content (AvgIpc) is 3.72. The van der Waals surface area contributed by atoms with Crippen molar-refractivity contribution in [2.75, 3.05) is 13.1 Å². The van der Waals surface area contributed by atoms with Crippen molar-refractivity contribution in [3.8, 4) is 5.75 Å². The number of halogens is 6. The number of hydrogen-bond donors (Lipinski definition) is 1. The first-order chi connectivity index (χ1) is 18.7. The Kier molecular flexibility index (Phi) is 7.38. The van der Waals surface area contributed by atoms with E-state index in [2.05, 4.69) is 0 Å². The Morgan fingerprint density at radius 1 is 1.02 bits per heavy atom. The summed E-state index contributed by atoms with van der Waals surface area (Å²) in [7, 11) is 0. The highest BCUT2D eigenvalue weighted by atomic mass is 19.4. The van der Waals surface area contributed by atoms with Gasteiger partial charge in [-0.15, -0.1) is 0 Å². The van der Waals surface area contributed by atoms with Gasteiger partial charge in [-0.25, -0.2) is 0 Å². The van der Waals surface area contributed by atoms with Crippen molar-refractivity contribution in [3.63, 3.8) is 0 Å². The highest BCUT2D eigenvalue weighted by Gasteiger charge is 2.45. The van der Waals surface area contributed by atoms with Crippen LogP contribution in [0.3, 0.4) is 0 Å². The minimum Gasteiger partial charge on any atom is -0.486 e. The molecule has 1 saturated carbocycles. The first-order valence-electron chi connectivity index (χ1n) is 13.8. The molecule has 1 unspecified atom stereocenters. The van der Waals surface area contributed by atoms with Gasteiger partial charge in [-0.1, -0.05) is 19.1 Å². The maximum atomic E-state index is 13.8. The van der Waals surface area contributed by atoms with E-state index in [4.69, 9.17) is 4.74 Å². The van der Waals surface area contributed by atoms with Crippen LogP contribution in [-0.4, -0.2) is 34.7 Å². The number of likely N-dealkylation sites (tertiary alicyclic amines) is 1. The number of ether oxygens (including phenoxy) is 1. The van der Waals surface area contributed by atoms with Gasteiger partial charge < -0.3 is 9.84 Å². The molecule has 10 heteroatoms. The molecule has 0 radical (unpaired) electrons. The fourth-order valence-corrected chi connectivity index (χ4v) is 6.59. The molecule has 2 fully saturated rings. The number of benzene rings is 2. The van der Waals surface area contributed by atoms with Crippen molar-refractivity contribution < 1.29 is 41.0 Å². The van der Waals surface area contributed by atoms with Crippen molar-refractivity contribution in [2.24, 2.45) is 11.8 Å². The molecule has 1 N–H and O–H groups in total. The summed E-state index contributed by atoms with van der Waals surface area (Å²) < 4.78 is 88.3. The monoisotopic (exact) mass is 569 g/mol. The Balaban J connectivity index is 1.42. The zero-order valence-electron chi connectivity index (χ0n) is 22.4. The van der Waals surface area contributed by atoms with Crippen LogP contribution < -0.4 is 4.74 Å². The molecular weight excluding hydrogens is 536 g/mol. The number of hydrogen-bond acceptors (Lipinski definition) is 3. The fraction of sp³-hybridized carbons (Fsp3) is 0.567. The molecule has 0 aromatic heterocycles. The van der Waals surface area contributed by atoms with Gasteiger partial charge >= 0.3 is 18.3 Å². The van der Waals surface area contributed by atoms with Crippen LogP contribution in [0.1, 0.15) is 85.7 Å². The Bertz CT molecular complexity index is 1270. The zero-order chi connectivity index (χ0) is 29.0. The molecule has 2 aromatic carbocycles. The first kappa shape index (κ1) is 28.8. The maximum absolute atomic E-state index is 13.8. The van der Waals surface area contributed by atoms with Gasteiger partial charge in [0, 0.05) is 12.6 Å². The maximum Gasteiger partial charge on any atom is 0.416 e. The van der Waals surface area contributed by atoms with Gasteiger partial charge in [-0.3, -0.25) is 9.69 Å². The van der Waals surface area contributed by atoms with Crippen LogP contribution in [0, 0.1) is 11.8 Å². The lowest BCUT2D eigenvalue weighted by Crippen LogP contribution is -2.54. The molecule has 40 heavy (non-hydrogen) atoms. The number of nitrogens with zero attached hydrogens (tertiary/aromatic N) is 1. The van der Waals surface area contributed by atoms with Crippen molar-refractivity contribution in [2.45, 2.75) is 82.3 Å². The summed E-state index contributed by atoms with van der Waals surface area (Å²) in [6, 6.07) is 6.60. The van der Waals surface area contributed by atoms with E-state index in [1.165, 1.54) is 6.92 Å². The van der Waals surface area contributed by atoms with E-state index < -0.39 is 52.6 Å². The van der Waals surface area contributed by atoms with Gasteiger partial charge in [0.05, 0.1) is 17.0 Å². The van der Waals surface area contributed by atoms with E-state index in [0.29, 0.717) is 62.1 Å². The third-order valence-electron chi connectivity index (χ3n) is 8.96. The molecule has 2 heterocycles. The topological polar surface area (TPSA) is 49.8 Å². The summed E-state index contributed by atoms with van der Waals surface area (Å²) in [4.78, 5) is 13.6. The molecule has 1 spiro atoms. The molecule has 4 nitrogen and oxygen atoms in total. The van der Waals surface area contributed by atoms with Crippen LogP contribution >= 0.6 is 0 Å². The lowest BCUT2D eigenvalue weighted by atomic mass is 9.80. The molecule has 1 saturated heterocycles.